The topological polar surface area (TPSA) is 59.1 Å². The Morgan fingerprint density at radius 2 is 1.61 bits per heavy atom. The summed E-state index contributed by atoms with van der Waals surface area (Å²) in [7, 11) is -0.587. The van der Waals surface area contributed by atoms with Gasteiger partial charge in [-0.05, 0) is 24.1 Å². The maximum atomic E-state index is 13.0. The molecular weight excluding hydrogens is 400 g/mol. The van der Waals surface area contributed by atoms with E-state index < -0.39 is 10.0 Å². The van der Waals surface area contributed by atoms with Crippen LogP contribution in [0.25, 0.3) is 0 Å². The molecule has 0 amide bonds. The average Bonchev–Trinajstić information content (AvgIpc) is 2.72. The summed E-state index contributed by atoms with van der Waals surface area (Å²) in [4.78, 5) is 2.49. The maximum absolute atomic E-state index is 13.0. The molecule has 1 aliphatic heterocycles. The summed E-state index contributed by atoms with van der Waals surface area (Å²) < 4.78 is 38.0. The molecule has 2 aromatic carbocycles. The molecule has 2 aromatic rings. The first-order valence-electron chi connectivity index (χ1n) is 9.03. The van der Waals surface area contributed by atoms with E-state index in [9.17, 15) is 8.42 Å². The predicted octanol–water partition coefficient (Wildman–Crippen LogP) is -0.743. The van der Waals surface area contributed by atoms with E-state index in [1.165, 1.54) is 24.1 Å². The van der Waals surface area contributed by atoms with Gasteiger partial charge in [-0.2, -0.15) is 4.31 Å². The lowest BCUT2D eigenvalue weighted by atomic mass is 10.1. The van der Waals surface area contributed by atoms with E-state index in [1.54, 1.807) is 18.2 Å². The zero-order valence-corrected chi connectivity index (χ0v) is 17.7. The van der Waals surface area contributed by atoms with Crippen molar-refractivity contribution < 1.29 is 30.3 Å². The van der Waals surface area contributed by atoms with Crippen molar-refractivity contribution in [2.45, 2.75) is 11.3 Å². The third-order valence-electron chi connectivity index (χ3n) is 4.88. The van der Waals surface area contributed by atoms with E-state index in [0.717, 1.165) is 26.1 Å². The summed E-state index contributed by atoms with van der Waals surface area (Å²) in [5, 5.41) is 0. The van der Waals surface area contributed by atoms with Crippen LogP contribution in [0.5, 0.6) is 11.5 Å². The van der Waals surface area contributed by atoms with E-state index in [-0.39, 0.29) is 17.3 Å². The minimum Gasteiger partial charge on any atom is -1.00 e. The Morgan fingerprint density at radius 1 is 0.929 bits per heavy atom. The normalized spacial score (nSPS) is 15.6. The van der Waals surface area contributed by atoms with Gasteiger partial charge in [0.15, 0.2) is 0 Å². The van der Waals surface area contributed by atoms with Gasteiger partial charge in [-0.1, -0.05) is 30.3 Å². The second kappa shape index (κ2) is 10.1. The molecule has 154 valence electrons. The molecule has 0 aromatic heterocycles. The van der Waals surface area contributed by atoms with Gasteiger partial charge in [0.25, 0.3) is 0 Å². The highest BCUT2D eigenvalue weighted by atomic mass is 35.5. The van der Waals surface area contributed by atoms with Crippen molar-refractivity contribution in [3.05, 3.63) is 54.1 Å². The minimum absolute atomic E-state index is 0. The number of benzene rings is 2. The first-order chi connectivity index (χ1) is 13.0. The minimum atomic E-state index is -3.59. The molecule has 6 nitrogen and oxygen atoms in total. The summed E-state index contributed by atoms with van der Waals surface area (Å²) in [6, 6.07) is 15.1. The van der Waals surface area contributed by atoms with Gasteiger partial charge in [0.05, 0.1) is 14.2 Å². The van der Waals surface area contributed by atoms with Crippen LogP contribution in [0.3, 0.4) is 0 Å². The number of hydrogen-bond donors (Lipinski definition) is 0. The second-order valence-corrected chi connectivity index (χ2v) is 8.40. The molecule has 0 radical (unpaired) electrons. The number of halogens is 1. The van der Waals surface area contributed by atoms with Crippen LogP contribution in [0.2, 0.25) is 0 Å². The standard InChI is InChI=1S/C20H26N2O4S.ClH/c1-25-18-8-9-20(19(16-18)26-2)27(23,24)22-14-12-21(13-15-22)11-10-17-6-4-3-5-7-17;/h3-9,16H,10-15H2,1-2H3;1H/p-1. The molecule has 28 heavy (non-hydrogen) atoms. The van der Waals surface area contributed by atoms with Gasteiger partial charge >= 0.3 is 0 Å². The lowest BCUT2D eigenvalue weighted by Gasteiger charge is -2.34. The van der Waals surface area contributed by atoms with Crippen molar-refractivity contribution in [2.75, 3.05) is 46.9 Å². The fraction of sp³-hybridized carbons (Fsp3) is 0.400. The highest BCUT2D eigenvalue weighted by Crippen LogP contribution is 2.31. The van der Waals surface area contributed by atoms with Gasteiger partial charge in [-0.25, -0.2) is 8.42 Å². The molecule has 0 aliphatic carbocycles. The summed E-state index contributed by atoms with van der Waals surface area (Å²) in [6.45, 7) is 3.34. The molecule has 8 heteroatoms. The average molecular weight is 426 g/mol. The molecule has 1 fully saturated rings. The summed E-state index contributed by atoms with van der Waals surface area (Å²) in [5.74, 6) is 0.873. The van der Waals surface area contributed by atoms with Crippen molar-refractivity contribution >= 4 is 10.0 Å². The van der Waals surface area contributed by atoms with Crippen molar-refractivity contribution in [3.8, 4) is 11.5 Å². The van der Waals surface area contributed by atoms with Crippen molar-refractivity contribution in [1.29, 1.82) is 0 Å². The number of nitrogens with zero attached hydrogens (tertiary/aromatic N) is 2. The van der Waals surface area contributed by atoms with Crippen LogP contribution >= 0.6 is 0 Å². The molecule has 0 saturated carbocycles. The third-order valence-corrected chi connectivity index (χ3v) is 6.82. The van der Waals surface area contributed by atoms with Crippen molar-refractivity contribution in [3.63, 3.8) is 0 Å². The first kappa shape index (κ1) is 22.5. The monoisotopic (exact) mass is 425 g/mol. The molecule has 0 bridgehead atoms. The van der Waals surface area contributed by atoms with Gasteiger partial charge in [0.2, 0.25) is 10.0 Å². The Labute approximate surface area is 173 Å². The van der Waals surface area contributed by atoms with Gasteiger partial charge in [0.1, 0.15) is 16.4 Å². The number of sulfonamides is 1. The van der Waals surface area contributed by atoms with E-state index >= 15 is 0 Å². The van der Waals surface area contributed by atoms with Crippen molar-refractivity contribution in [1.82, 2.24) is 9.21 Å². The van der Waals surface area contributed by atoms with Crippen LogP contribution in [0, 0.1) is 0 Å². The molecular formula is C20H26ClN2O4S-. The number of hydrogen-bond acceptors (Lipinski definition) is 5. The molecule has 3 rings (SSSR count). The van der Waals surface area contributed by atoms with Crippen LogP contribution in [-0.4, -0.2) is 64.6 Å². The quantitative estimate of drug-likeness (QED) is 0.584. The van der Waals surface area contributed by atoms with E-state index in [4.69, 9.17) is 9.47 Å². The smallest absolute Gasteiger partial charge is 0.246 e. The lowest BCUT2D eigenvalue weighted by molar-refractivity contribution is -0.00000889. The first-order valence-corrected chi connectivity index (χ1v) is 10.5. The number of methoxy groups -OCH3 is 2. The summed E-state index contributed by atoms with van der Waals surface area (Å²) in [6.07, 6.45) is 0.972. The Kier molecular flexibility index (Phi) is 8.12. The van der Waals surface area contributed by atoms with Crippen LogP contribution < -0.4 is 21.9 Å². The lowest BCUT2D eigenvalue weighted by Crippen LogP contribution is -3.00. The Morgan fingerprint density at radius 3 is 2.21 bits per heavy atom. The maximum Gasteiger partial charge on any atom is 0.246 e. The third kappa shape index (κ3) is 5.17. The number of piperazine rings is 1. The fourth-order valence-electron chi connectivity index (χ4n) is 3.25. The van der Waals surface area contributed by atoms with Crippen LogP contribution in [0.1, 0.15) is 5.56 Å². The van der Waals surface area contributed by atoms with E-state index in [2.05, 4.69) is 17.0 Å². The molecule has 0 spiro atoms. The molecule has 0 atom stereocenters. The fourth-order valence-corrected chi connectivity index (χ4v) is 4.81. The largest absolute Gasteiger partial charge is 1.00 e. The molecule has 1 heterocycles. The van der Waals surface area contributed by atoms with Crippen LogP contribution in [0.4, 0.5) is 0 Å². The second-order valence-electron chi connectivity index (χ2n) is 6.50. The van der Waals surface area contributed by atoms with Gasteiger partial charge in [0, 0.05) is 38.8 Å². The number of ether oxygens (including phenoxy) is 2. The Balaban J connectivity index is 0.00000280. The highest BCUT2D eigenvalue weighted by Gasteiger charge is 2.30. The van der Waals surface area contributed by atoms with Crippen LogP contribution in [0.15, 0.2) is 53.4 Å². The molecule has 1 aliphatic rings. The molecule has 1 saturated heterocycles. The predicted molar refractivity (Wildman–Crippen MR) is 105 cm³/mol. The van der Waals surface area contributed by atoms with Gasteiger partial charge in [-0.15, -0.1) is 0 Å². The zero-order valence-electron chi connectivity index (χ0n) is 16.2. The van der Waals surface area contributed by atoms with Crippen LogP contribution in [-0.2, 0) is 16.4 Å². The Hall–Kier alpha value is -1.80. The van der Waals surface area contributed by atoms with E-state index in [0.29, 0.717) is 24.6 Å². The number of rotatable bonds is 7. The molecule has 0 unspecified atom stereocenters. The van der Waals surface area contributed by atoms with E-state index in [1.807, 2.05) is 18.2 Å². The Bertz CT molecular complexity index is 854. The van der Waals surface area contributed by atoms with Gasteiger partial charge < -0.3 is 26.8 Å². The molecule has 0 N–H and O–H groups in total. The van der Waals surface area contributed by atoms with Gasteiger partial charge in [-0.3, -0.25) is 0 Å². The van der Waals surface area contributed by atoms with Crippen molar-refractivity contribution in [2.24, 2.45) is 0 Å². The SMILES string of the molecule is COc1ccc(S(=O)(=O)N2CCN(CCc3ccccc3)CC2)c(OC)c1.[Cl-]. The highest BCUT2D eigenvalue weighted by molar-refractivity contribution is 7.89. The summed E-state index contributed by atoms with van der Waals surface area (Å²) in [5.41, 5.74) is 1.30. The zero-order chi connectivity index (χ0) is 19.3. The summed E-state index contributed by atoms with van der Waals surface area (Å²) >= 11 is 0.